The Hall–Kier alpha value is -2.14. The lowest BCUT2D eigenvalue weighted by Crippen LogP contribution is -2.11. The Morgan fingerprint density at radius 1 is 1.37 bits per heavy atom. The van der Waals surface area contributed by atoms with Crippen LogP contribution in [-0.2, 0) is 0 Å². The van der Waals surface area contributed by atoms with Gasteiger partial charge in [0.25, 0.3) is 5.91 Å². The molecule has 0 atom stereocenters. The number of furan rings is 1. The largest absolute Gasteiger partial charge is 0.450 e. The first-order valence-corrected chi connectivity index (χ1v) is 6.74. The lowest BCUT2D eigenvalue weighted by atomic mass is 10.1. The second-order valence-corrected chi connectivity index (χ2v) is 5.19. The summed E-state index contributed by atoms with van der Waals surface area (Å²) in [4.78, 5) is 16.2. The second kappa shape index (κ2) is 4.51. The highest BCUT2D eigenvalue weighted by Crippen LogP contribution is 2.28. The van der Waals surface area contributed by atoms with Crippen LogP contribution in [0, 0.1) is 13.8 Å². The van der Waals surface area contributed by atoms with E-state index in [1.807, 2.05) is 37.4 Å². The van der Waals surface area contributed by atoms with Crippen molar-refractivity contribution < 1.29 is 9.21 Å². The Morgan fingerprint density at radius 2 is 2.21 bits per heavy atom. The van der Waals surface area contributed by atoms with Gasteiger partial charge in [-0.2, -0.15) is 0 Å². The summed E-state index contributed by atoms with van der Waals surface area (Å²) in [6.07, 6.45) is 1.65. The zero-order valence-corrected chi connectivity index (χ0v) is 11.4. The van der Waals surface area contributed by atoms with Gasteiger partial charge in [0.2, 0.25) is 0 Å². The van der Waals surface area contributed by atoms with Crippen LogP contribution < -0.4 is 5.32 Å². The van der Waals surface area contributed by atoms with Crippen molar-refractivity contribution in [2.45, 2.75) is 13.8 Å². The van der Waals surface area contributed by atoms with Gasteiger partial charge in [0.05, 0.1) is 0 Å². The number of para-hydroxylation sites is 1. The maximum atomic E-state index is 12.2. The molecule has 19 heavy (non-hydrogen) atoms. The number of hydrogen-bond acceptors (Lipinski definition) is 4. The quantitative estimate of drug-likeness (QED) is 0.772. The van der Waals surface area contributed by atoms with Gasteiger partial charge in [0, 0.05) is 22.5 Å². The van der Waals surface area contributed by atoms with E-state index in [0.717, 1.165) is 22.1 Å². The van der Waals surface area contributed by atoms with E-state index in [1.54, 1.807) is 6.20 Å². The number of fused-ring (bicyclic) bond motifs is 1. The van der Waals surface area contributed by atoms with Crippen LogP contribution in [-0.4, -0.2) is 10.9 Å². The molecule has 3 aromatic rings. The molecule has 1 N–H and O–H groups in total. The van der Waals surface area contributed by atoms with Gasteiger partial charge in [-0.3, -0.25) is 10.1 Å². The van der Waals surface area contributed by atoms with Gasteiger partial charge in [-0.25, -0.2) is 4.98 Å². The molecule has 0 unspecified atom stereocenters. The van der Waals surface area contributed by atoms with Crippen molar-refractivity contribution in [2.24, 2.45) is 0 Å². The normalized spacial score (nSPS) is 10.8. The first-order valence-electron chi connectivity index (χ1n) is 5.86. The molecule has 0 aliphatic rings. The highest BCUT2D eigenvalue weighted by atomic mass is 32.1. The fourth-order valence-corrected chi connectivity index (χ4v) is 2.56. The summed E-state index contributed by atoms with van der Waals surface area (Å²) in [5, 5.41) is 6.09. The van der Waals surface area contributed by atoms with Gasteiger partial charge >= 0.3 is 0 Å². The van der Waals surface area contributed by atoms with Crippen LogP contribution in [0.5, 0.6) is 0 Å². The van der Waals surface area contributed by atoms with Gasteiger partial charge in [0.1, 0.15) is 5.58 Å². The van der Waals surface area contributed by atoms with Crippen LogP contribution in [0.4, 0.5) is 5.13 Å². The topological polar surface area (TPSA) is 55.1 Å². The van der Waals surface area contributed by atoms with E-state index in [-0.39, 0.29) is 5.91 Å². The monoisotopic (exact) mass is 272 g/mol. The number of hydrogen-bond donors (Lipinski definition) is 1. The average molecular weight is 272 g/mol. The summed E-state index contributed by atoms with van der Waals surface area (Å²) in [7, 11) is 0. The van der Waals surface area contributed by atoms with Gasteiger partial charge in [-0.1, -0.05) is 18.2 Å². The number of rotatable bonds is 2. The molecule has 5 heteroatoms. The molecule has 0 saturated carbocycles. The fraction of sp³-hybridized carbons (Fsp3) is 0.143. The second-order valence-electron chi connectivity index (χ2n) is 4.30. The van der Waals surface area contributed by atoms with Crippen LogP contribution in [0.1, 0.15) is 21.7 Å². The zero-order chi connectivity index (χ0) is 13.4. The predicted molar refractivity (Wildman–Crippen MR) is 75.8 cm³/mol. The van der Waals surface area contributed by atoms with Gasteiger partial charge in [0.15, 0.2) is 10.9 Å². The van der Waals surface area contributed by atoms with E-state index in [9.17, 15) is 4.79 Å². The number of carbonyl (C=O) groups excluding carboxylic acids is 1. The number of aryl methyl sites for hydroxylation is 2. The Labute approximate surface area is 114 Å². The van der Waals surface area contributed by atoms with E-state index in [1.165, 1.54) is 11.3 Å². The lowest BCUT2D eigenvalue weighted by molar-refractivity contribution is 0.0998. The number of carbonyl (C=O) groups is 1. The molecule has 4 nitrogen and oxygen atoms in total. The van der Waals surface area contributed by atoms with Crippen molar-refractivity contribution >= 4 is 33.3 Å². The van der Waals surface area contributed by atoms with Crippen molar-refractivity contribution in [3.05, 3.63) is 46.7 Å². The Morgan fingerprint density at radius 3 is 2.89 bits per heavy atom. The van der Waals surface area contributed by atoms with E-state index in [0.29, 0.717) is 10.9 Å². The third-order valence-corrected chi connectivity index (χ3v) is 3.71. The SMILES string of the molecule is Cc1c(C(=O)Nc2nccs2)oc2c(C)cccc12. The molecule has 0 aliphatic carbocycles. The Balaban J connectivity index is 2.03. The van der Waals surface area contributed by atoms with Crippen molar-refractivity contribution in [1.82, 2.24) is 4.98 Å². The highest BCUT2D eigenvalue weighted by Gasteiger charge is 2.19. The minimum atomic E-state index is -0.261. The number of benzene rings is 1. The summed E-state index contributed by atoms with van der Waals surface area (Å²) >= 11 is 1.38. The number of amides is 1. The summed E-state index contributed by atoms with van der Waals surface area (Å²) in [6.45, 7) is 3.86. The van der Waals surface area contributed by atoms with E-state index in [2.05, 4.69) is 10.3 Å². The number of nitrogens with zero attached hydrogens (tertiary/aromatic N) is 1. The number of anilines is 1. The van der Waals surface area contributed by atoms with Crippen LogP contribution in [0.3, 0.4) is 0 Å². The molecule has 0 bridgehead atoms. The molecule has 96 valence electrons. The predicted octanol–water partition coefficient (Wildman–Crippen LogP) is 3.76. The van der Waals surface area contributed by atoms with Crippen molar-refractivity contribution in [1.29, 1.82) is 0 Å². The van der Waals surface area contributed by atoms with Crippen LogP contribution in [0.15, 0.2) is 34.2 Å². The standard InChI is InChI=1S/C14H12N2O2S/c1-8-4-3-5-10-9(2)12(18-11(8)10)13(17)16-14-15-6-7-19-14/h3-7H,1-2H3,(H,15,16,17). The first kappa shape index (κ1) is 11.9. The Bertz CT molecular complexity index is 744. The average Bonchev–Trinajstić information content (AvgIpc) is 2.99. The minimum absolute atomic E-state index is 0.261. The maximum Gasteiger partial charge on any atom is 0.293 e. The van der Waals surface area contributed by atoms with Crippen LogP contribution >= 0.6 is 11.3 Å². The van der Waals surface area contributed by atoms with Gasteiger partial charge in [-0.05, 0) is 19.4 Å². The molecule has 0 radical (unpaired) electrons. The number of nitrogens with one attached hydrogen (secondary N) is 1. The third kappa shape index (κ3) is 2.02. The molecule has 0 spiro atoms. The van der Waals surface area contributed by atoms with Crippen molar-refractivity contribution in [3.63, 3.8) is 0 Å². The van der Waals surface area contributed by atoms with Gasteiger partial charge in [-0.15, -0.1) is 11.3 Å². The van der Waals surface area contributed by atoms with Gasteiger partial charge < -0.3 is 4.42 Å². The summed E-state index contributed by atoms with van der Waals surface area (Å²) in [5.74, 6) is 0.0857. The first-order chi connectivity index (χ1) is 9.16. The molecule has 3 rings (SSSR count). The molecule has 2 heterocycles. The molecule has 2 aromatic heterocycles. The molecule has 0 saturated heterocycles. The Kier molecular flexibility index (Phi) is 2.83. The summed E-state index contributed by atoms with van der Waals surface area (Å²) in [5.41, 5.74) is 2.64. The molecule has 0 aliphatic heterocycles. The molecular formula is C14H12N2O2S. The van der Waals surface area contributed by atoms with Crippen molar-refractivity contribution in [3.8, 4) is 0 Å². The third-order valence-electron chi connectivity index (χ3n) is 3.02. The molecule has 1 amide bonds. The fourth-order valence-electron chi connectivity index (χ4n) is 2.04. The smallest absolute Gasteiger partial charge is 0.293 e. The van der Waals surface area contributed by atoms with E-state index < -0.39 is 0 Å². The summed E-state index contributed by atoms with van der Waals surface area (Å²) < 4.78 is 5.70. The van der Waals surface area contributed by atoms with E-state index in [4.69, 9.17) is 4.42 Å². The van der Waals surface area contributed by atoms with E-state index >= 15 is 0 Å². The maximum absolute atomic E-state index is 12.2. The summed E-state index contributed by atoms with van der Waals surface area (Å²) in [6, 6.07) is 5.89. The van der Waals surface area contributed by atoms with Crippen LogP contribution in [0.2, 0.25) is 0 Å². The lowest BCUT2D eigenvalue weighted by Gasteiger charge is -1.98. The zero-order valence-electron chi connectivity index (χ0n) is 10.6. The molecular weight excluding hydrogens is 260 g/mol. The number of aromatic nitrogens is 1. The highest BCUT2D eigenvalue weighted by molar-refractivity contribution is 7.13. The van der Waals surface area contributed by atoms with Crippen LogP contribution in [0.25, 0.3) is 11.0 Å². The molecule has 0 fully saturated rings. The minimum Gasteiger partial charge on any atom is -0.450 e. The molecule has 1 aromatic carbocycles. The van der Waals surface area contributed by atoms with Crippen molar-refractivity contribution in [2.75, 3.05) is 5.32 Å². The number of thiazole rings is 1.